The standard InChI is InChI=1S/C16H21N5O3/c1-3-4-9-21-15(18-19-20-21)11-24-16(23)14-7-5-13(6-8-14)10-17-12(2)22/h5-8H,3-4,9-11H2,1-2H3,(H,17,22). The van der Waals surface area contributed by atoms with E-state index in [1.165, 1.54) is 6.92 Å². The molecular weight excluding hydrogens is 310 g/mol. The Hall–Kier alpha value is -2.77. The molecule has 0 unspecified atom stereocenters. The maximum absolute atomic E-state index is 12.1. The summed E-state index contributed by atoms with van der Waals surface area (Å²) in [6, 6.07) is 6.88. The molecule has 8 nitrogen and oxygen atoms in total. The molecular formula is C16H21N5O3. The Morgan fingerprint density at radius 1 is 1.25 bits per heavy atom. The normalized spacial score (nSPS) is 10.4. The zero-order valence-electron chi connectivity index (χ0n) is 13.9. The number of hydrogen-bond donors (Lipinski definition) is 1. The van der Waals surface area contributed by atoms with Gasteiger partial charge in [0.2, 0.25) is 5.91 Å². The number of hydrogen-bond acceptors (Lipinski definition) is 6. The molecule has 0 saturated heterocycles. The van der Waals surface area contributed by atoms with Gasteiger partial charge in [-0.1, -0.05) is 25.5 Å². The molecule has 1 aromatic carbocycles. The SMILES string of the molecule is CCCCn1nnnc1COC(=O)c1ccc(CNC(C)=O)cc1. The zero-order valence-corrected chi connectivity index (χ0v) is 13.9. The van der Waals surface area contributed by atoms with Crippen molar-refractivity contribution in [3.63, 3.8) is 0 Å². The number of esters is 1. The van der Waals surface area contributed by atoms with Crippen LogP contribution in [0.15, 0.2) is 24.3 Å². The summed E-state index contributed by atoms with van der Waals surface area (Å²) >= 11 is 0. The number of aromatic nitrogens is 4. The van der Waals surface area contributed by atoms with Gasteiger partial charge >= 0.3 is 5.97 Å². The minimum absolute atomic E-state index is 0.0309. The summed E-state index contributed by atoms with van der Waals surface area (Å²) in [6.45, 7) is 4.70. The third-order valence-electron chi connectivity index (χ3n) is 3.39. The average molecular weight is 331 g/mol. The highest BCUT2D eigenvalue weighted by Gasteiger charge is 2.11. The van der Waals surface area contributed by atoms with Crippen LogP contribution in [0.25, 0.3) is 0 Å². The molecule has 0 aliphatic rings. The van der Waals surface area contributed by atoms with Gasteiger partial charge in [-0.3, -0.25) is 4.79 Å². The van der Waals surface area contributed by atoms with Crippen molar-refractivity contribution in [3.05, 3.63) is 41.2 Å². The van der Waals surface area contributed by atoms with Gasteiger partial charge < -0.3 is 10.1 Å². The number of tetrazole rings is 1. The minimum Gasteiger partial charge on any atom is -0.454 e. The summed E-state index contributed by atoms with van der Waals surface area (Å²) in [5.41, 5.74) is 1.35. The molecule has 128 valence electrons. The Morgan fingerprint density at radius 3 is 2.67 bits per heavy atom. The third kappa shape index (κ3) is 5.15. The third-order valence-corrected chi connectivity index (χ3v) is 3.39. The number of amides is 1. The van der Waals surface area contributed by atoms with E-state index in [4.69, 9.17) is 4.74 Å². The zero-order chi connectivity index (χ0) is 17.4. The van der Waals surface area contributed by atoms with Gasteiger partial charge in [0, 0.05) is 20.0 Å². The number of nitrogens with one attached hydrogen (secondary N) is 1. The fourth-order valence-corrected chi connectivity index (χ4v) is 2.01. The molecule has 24 heavy (non-hydrogen) atoms. The van der Waals surface area contributed by atoms with Crippen LogP contribution < -0.4 is 5.32 Å². The molecule has 1 amide bonds. The van der Waals surface area contributed by atoms with E-state index in [1.54, 1.807) is 28.9 Å². The second kappa shape index (κ2) is 8.76. The van der Waals surface area contributed by atoms with Crippen molar-refractivity contribution in [1.29, 1.82) is 0 Å². The Balaban J connectivity index is 1.88. The Morgan fingerprint density at radius 2 is 2.00 bits per heavy atom. The van der Waals surface area contributed by atoms with Crippen LogP contribution in [-0.4, -0.2) is 32.1 Å². The summed E-state index contributed by atoms with van der Waals surface area (Å²) < 4.78 is 6.91. The summed E-state index contributed by atoms with van der Waals surface area (Å²) in [5, 5.41) is 14.1. The number of nitrogens with zero attached hydrogens (tertiary/aromatic N) is 4. The smallest absolute Gasteiger partial charge is 0.338 e. The Bertz CT molecular complexity index is 681. The van der Waals surface area contributed by atoms with E-state index in [9.17, 15) is 9.59 Å². The van der Waals surface area contributed by atoms with E-state index < -0.39 is 5.97 Å². The lowest BCUT2D eigenvalue weighted by Gasteiger charge is -2.07. The van der Waals surface area contributed by atoms with Crippen molar-refractivity contribution in [2.45, 2.75) is 46.4 Å². The Kier molecular flexibility index (Phi) is 6.41. The molecule has 0 saturated carbocycles. The highest BCUT2D eigenvalue weighted by atomic mass is 16.5. The Labute approximate surface area is 140 Å². The van der Waals surface area contributed by atoms with Gasteiger partial charge in [-0.25, -0.2) is 9.48 Å². The highest BCUT2D eigenvalue weighted by Crippen LogP contribution is 2.08. The second-order valence-corrected chi connectivity index (χ2v) is 5.35. The predicted molar refractivity (Wildman–Crippen MR) is 85.8 cm³/mol. The molecule has 0 atom stereocenters. The van der Waals surface area contributed by atoms with Crippen molar-refractivity contribution >= 4 is 11.9 Å². The van der Waals surface area contributed by atoms with Crippen LogP contribution >= 0.6 is 0 Å². The quantitative estimate of drug-likeness (QED) is 0.735. The molecule has 8 heteroatoms. The number of unbranched alkanes of at least 4 members (excludes halogenated alkanes) is 1. The van der Waals surface area contributed by atoms with Gasteiger partial charge in [0.15, 0.2) is 12.4 Å². The lowest BCUT2D eigenvalue weighted by molar-refractivity contribution is -0.119. The van der Waals surface area contributed by atoms with Crippen LogP contribution in [0.5, 0.6) is 0 Å². The van der Waals surface area contributed by atoms with Crippen LogP contribution in [-0.2, 0) is 29.2 Å². The summed E-state index contributed by atoms with van der Waals surface area (Å²) in [7, 11) is 0. The first-order valence-corrected chi connectivity index (χ1v) is 7.85. The number of carbonyl (C=O) groups excluding carboxylic acids is 2. The maximum atomic E-state index is 12.1. The summed E-state index contributed by atoms with van der Waals surface area (Å²) in [4.78, 5) is 23.0. The molecule has 0 radical (unpaired) electrons. The van der Waals surface area contributed by atoms with Crippen molar-refractivity contribution in [2.75, 3.05) is 0 Å². The monoisotopic (exact) mass is 331 g/mol. The van der Waals surface area contributed by atoms with Crippen LogP contribution in [0.4, 0.5) is 0 Å². The summed E-state index contributed by atoms with van der Waals surface area (Å²) in [6.07, 6.45) is 1.99. The van der Waals surface area contributed by atoms with Crippen LogP contribution in [0.1, 0.15) is 48.4 Å². The van der Waals surface area contributed by atoms with E-state index in [2.05, 4.69) is 27.8 Å². The minimum atomic E-state index is -0.439. The van der Waals surface area contributed by atoms with Gasteiger partial charge in [-0.05, 0) is 34.5 Å². The molecule has 0 spiro atoms. The average Bonchev–Trinajstić information content (AvgIpc) is 3.03. The van der Waals surface area contributed by atoms with Crippen LogP contribution in [0.2, 0.25) is 0 Å². The molecule has 2 rings (SSSR count). The lowest BCUT2D eigenvalue weighted by atomic mass is 10.1. The maximum Gasteiger partial charge on any atom is 0.338 e. The van der Waals surface area contributed by atoms with E-state index in [0.717, 1.165) is 18.4 Å². The molecule has 0 fully saturated rings. The van der Waals surface area contributed by atoms with Gasteiger partial charge in [0.05, 0.1) is 5.56 Å². The van der Waals surface area contributed by atoms with Crippen molar-refractivity contribution in [1.82, 2.24) is 25.5 Å². The van der Waals surface area contributed by atoms with Crippen molar-refractivity contribution < 1.29 is 14.3 Å². The van der Waals surface area contributed by atoms with E-state index >= 15 is 0 Å². The number of rotatable bonds is 8. The van der Waals surface area contributed by atoms with Crippen molar-refractivity contribution in [2.24, 2.45) is 0 Å². The van der Waals surface area contributed by atoms with E-state index in [0.29, 0.717) is 24.5 Å². The van der Waals surface area contributed by atoms with Crippen LogP contribution in [0, 0.1) is 0 Å². The van der Waals surface area contributed by atoms with E-state index in [1.807, 2.05) is 0 Å². The topological polar surface area (TPSA) is 99.0 Å². The number of aryl methyl sites for hydroxylation is 1. The van der Waals surface area contributed by atoms with Gasteiger partial charge in [-0.15, -0.1) is 5.10 Å². The molecule has 0 aliphatic heterocycles. The summed E-state index contributed by atoms with van der Waals surface area (Å²) in [5.74, 6) is -0.00974. The highest BCUT2D eigenvalue weighted by molar-refractivity contribution is 5.89. The predicted octanol–water partition coefficient (Wildman–Crippen LogP) is 1.47. The van der Waals surface area contributed by atoms with Gasteiger partial charge in [0.25, 0.3) is 0 Å². The molecule has 0 aliphatic carbocycles. The van der Waals surface area contributed by atoms with E-state index in [-0.39, 0.29) is 12.5 Å². The second-order valence-electron chi connectivity index (χ2n) is 5.35. The fourth-order valence-electron chi connectivity index (χ4n) is 2.01. The molecule has 1 aromatic heterocycles. The van der Waals surface area contributed by atoms with Crippen molar-refractivity contribution in [3.8, 4) is 0 Å². The van der Waals surface area contributed by atoms with Crippen LogP contribution in [0.3, 0.4) is 0 Å². The lowest BCUT2D eigenvalue weighted by Crippen LogP contribution is -2.18. The first kappa shape index (κ1) is 17.6. The number of carbonyl (C=O) groups is 2. The van der Waals surface area contributed by atoms with Gasteiger partial charge in [0.1, 0.15) is 0 Å². The first-order chi connectivity index (χ1) is 11.6. The largest absolute Gasteiger partial charge is 0.454 e. The van der Waals surface area contributed by atoms with Gasteiger partial charge in [-0.2, -0.15) is 0 Å². The first-order valence-electron chi connectivity index (χ1n) is 7.85. The fraction of sp³-hybridized carbons (Fsp3) is 0.438. The number of benzene rings is 1. The number of ether oxygens (including phenoxy) is 1. The molecule has 1 heterocycles. The molecule has 2 aromatic rings. The molecule has 0 bridgehead atoms. The molecule has 1 N–H and O–H groups in total.